The minimum absolute atomic E-state index is 0.318. The number of anilines is 1. The summed E-state index contributed by atoms with van der Waals surface area (Å²) in [5.41, 5.74) is 2.38. The van der Waals surface area contributed by atoms with Crippen molar-refractivity contribution in [3.05, 3.63) is 54.7 Å². The monoisotopic (exact) mass is 252 g/mol. The fourth-order valence-corrected chi connectivity index (χ4v) is 1.82. The first-order valence-electron chi connectivity index (χ1n) is 5.81. The molecule has 0 radical (unpaired) electrons. The zero-order valence-corrected chi connectivity index (χ0v) is 10.1. The number of rotatable bonds is 3. The Bertz CT molecular complexity index is 714. The van der Waals surface area contributed by atoms with Crippen molar-refractivity contribution in [3.63, 3.8) is 0 Å². The number of benzene rings is 2. The molecule has 0 aliphatic heterocycles. The van der Waals surface area contributed by atoms with Crippen molar-refractivity contribution in [2.24, 2.45) is 5.84 Å². The molecular weight excluding hydrogens is 240 g/mol. The van der Waals surface area contributed by atoms with Crippen molar-refractivity contribution in [3.8, 4) is 11.6 Å². The predicted octanol–water partition coefficient (Wildman–Crippen LogP) is 2.71. The molecule has 0 saturated heterocycles. The number of nitrogen functional groups attached to an aromatic ring is 1. The van der Waals surface area contributed by atoms with E-state index < -0.39 is 0 Å². The molecule has 2 aromatic carbocycles. The Kier molecular flexibility index (Phi) is 2.96. The first kappa shape index (κ1) is 11.4. The molecule has 0 saturated carbocycles. The first-order valence-corrected chi connectivity index (χ1v) is 5.81. The van der Waals surface area contributed by atoms with E-state index in [4.69, 9.17) is 10.6 Å². The van der Waals surface area contributed by atoms with Crippen molar-refractivity contribution in [1.29, 1.82) is 0 Å². The van der Waals surface area contributed by atoms with Gasteiger partial charge in [-0.1, -0.05) is 30.3 Å². The fourth-order valence-electron chi connectivity index (χ4n) is 1.82. The smallest absolute Gasteiger partial charge is 0.240 e. The lowest BCUT2D eigenvalue weighted by Gasteiger charge is -2.06. The Morgan fingerprint density at radius 3 is 2.68 bits per heavy atom. The van der Waals surface area contributed by atoms with E-state index >= 15 is 0 Å². The van der Waals surface area contributed by atoms with Crippen LogP contribution in [-0.4, -0.2) is 9.97 Å². The summed E-state index contributed by atoms with van der Waals surface area (Å²) in [6, 6.07) is 15.6. The molecule has 0 amide bonds. The highest BCUT2D eigenvalue weighted by atomic mass is 16.5. The molecule has 0 unspecified atom stereocenters. The van der Waals surface area contributed by atoms with Crippen LogP contribution >= 0.6 is 0 Å². The average molecular weight is 252 g/mol. The van der Waals surface area contributed by atoms with Crippen LogP contribution in [0.15, 0.2) is 54.7 Å². The molecule has 3 aromatic rings. The molecule has 94 valence electrons. The van der Waals surface area contributed by atoms with Gasteiger partial charge in [0.15, 0.2) is 0 Å². The maximum atomic E-state index is 5.68. The van der Waals surface area contributed by atoms with Crippen LogP contribution in [0.2, 0.25) is 0 Å². The summed E-state index contributed by atoms with van der Waals surface area (Å²) in [5, 5.41) is 2.29. The molecule has 19 heavy (non-hydrogen) atoms. The number of hydrogen-bond donors (Lipinski definition) is 2. The Labute approximate surface area is 110 Å². The van der Waals surface area contributed by atoms with E-state index in [2.05, 4.69) is 21.5 Å². The van der Waals surface area contributed by atoms with Crippen LogP contribution in [0.25, 0.3) is 10.8 Å². The molecule has 3 rings (SSSR count). The number of aromatic nitrogens is 2. The Morgan fingerprint density at radius 2 is 1.84 bits per heavy atom. The van der Waals surface area contributed by atoms with Gasteiger partial charge in [0.25, 0.3) is 0 Å². The quantitative estimate of drug-likeness (QED) is 0.554. The number of fused-ring (bicyclic) bond motifs is 1. The van der Waals surface area contributed by atoms with E-state index in [0.29, 0.717) is 11.8 Å². The van der Waals surface area contributed by atoms with Crippen molar-refractivity contribution < 1.29 is 4.74 Å². The van der Waals surface area contributed by atoms with Crippen LogP contribution < -0.4 is 16.0 Å². The van der Waals surface area contributed by atoms with Crippen molar-refractivity contribution >= 4 is 16.7 Å². The number of nitrogens with zero attached hydrogens (tertiary/aromatic N) is 2. The predicted molar refractivity (Wildman–Crippen MR) is 73.9 cm³/mol. The van der Waals surface area contributed by atoms with Gasteiger partial charge >= 0.3 is 0 Å². The summed E-state index contributed by atoms with van der Waals surface area (Å²) >= 11 is 0. The van der Waals surface area contributed by atoms with E-state index in [-0.39, 0.29) is 0 Å². The first-order chi connectivity index (χ1) is 9.35. The van der Waals surface area contributed by atoms with Crippen LogP contribution in [0.1, 0.15) is 0 Å². The van der Waals surface area contributed by atoms with Gasteiger partial charge in [-0.05, 0) is 22.9 Å². The molecule has 0 bridgehead atoms. The lowest BCUT2D eigenvalue weighted by molar-refractivity contribution is 0.463. The van der Waals surface area contributed by atoms with E-state index in [0.717, 1.165) is 11.1 Å². The highest BCUT2D eigenvalue weighted by Gasteiger charge is 2.02. The van der Waals surface area contributed by atoms with Gasteiger partial charge in [0.2, 0.25) is 11.8 Å². The molecular formula is C14H12N4O. The molecule has 0 fully saturated rings. The van der Waals surface area contributed by atoms with Crippen LogP contribution in [0.3, 0.4) is 0 Å². The molecule has 5 nitrogen and oxygen atoms in total. The third kappa shape index (κ3) is 2.46. The Morgan fingerprint density at radius 1 is 1.00 bits per heavy atom. The molecule has 1 heterocycles. The van der Waals surface area contributed by atoms with Gasteiger partial charge in [0.05, 0.1) is 0 Å². The van der Waals surface area contributed by atoms with Gasteiger partial charge in [0, 0.05) is 12.3 Å². The normalized spacial score (nSPS) is 10.4. The highest BCUT2D eigenvalue weighted by molar-refractivity contribution is 5.83. The molecule has 0 spiro atoms. The summed E-state index contributed by atoms with van der Waals surface area (Å²) in [5.74, 6) is 6.74. The maximum Gasteiger partial charge on any atom is 0.240 e. The lowest BCUT2D eigenvalue weighted by atomic mass is 10.1. The summed E-state index contributed by atoms with van der Waals surface area (Å²) in [6.45, 7) is 0. The lowest BCUT2D eigenvalue weighted by Crippen LogP contribution is -2.10. The molecule has 0 aliphatic carbocycles. The van der Waals surface area contributed by atoms with E-state index in [1.54, 1.807) is 12.3 Å². The summed E-state index contributed by atoms with van der Waals surface area (Å²) in [7, 11) is 0. The molecule has 1 aromatic heterocycles. The Hall–Kier alpha value is -2.66. The van der Waals surface area contributed by atoms with E-state index in [1.807, 2.05) is 36.4 Å². The Balaban J connectivity index is 1.92. The minimum atomic E-state index is 0.318. The zero-order chi connectivity index (χ0) is 13.1. The largest absolute Gasteiger partial charge is 0.439 e. The average Bonchev–Trinajstić information content (AvgIpc) is 2.47. The molecule has 3 N–H and O–H groups in total. The van der Waals surface area contributed by atoms with Gasteiger partial charge < -0.3 is 4.74 Å². The summed E-state index contributed by atoms with van der Waals surface area (Å²) in [4.78, 5) is 8.02. The fraction of sp³-hybridized carbons (Fsp3) is 0. The zero-order valence-electron chi connectivity index (χ0n) is 10.1. The second-order valence-corrected chi connectivity index (χ2v) is 3.97. The third-order valence-electron chi connectivity index (χ3n) is 2.70. The number of nitrogens with two attached hydrogens (primary N) is 1. The molecule has 0 atom stereocenters. The van der Waals surface area contributed by atoms with Gasteiger partial charge in [-0.2, -0.15) is 4.98 Å². The van der Waals surface area contributed by atoms with Crippen molar-refractivity contribution in [1.82, 2.24) is 9.97 Å². The van der Waals surface area contributed by atoms with Gasteiger partial charge in [-0.15, -0.1) is 0 Å². The summed E-state index contributed by atoms with van der Waals surface area (Å²) in [6.07, 6.45) is 1.58. The molecule has 5 heteroatoms. The van der Waals surface area contributed by atoms with Crippen LogP contribution in [0.4, 0.5) is 5.95 Å². The number of ether oxygens (including phenoxy) is 1. The second kappa shape index (κ2) is 4.91. The maximum absolute atomic E-state index is 5.68. The van der Waals surface area contributed by atoms with Gasteiger partial charge in [-0.25, -0.2) is 10.8 Å². The topological polar surface area (TPSA) is 73.1 Å². The SMILES string of the molecule is NNc1nccc(Oc2ccc3ccccc3c2)n1. The van der Waals surface area contributed by atoms with Crippen LogP contribution in [0.5, 0.6) is 11.6 Å². The van der Waals surface area contributed by atoms with Crippen molar-refractivity contribution in [2.45, 2.75) is 0 Å². The van der Waals surface area contributed by atoms with Gasteiger partial charge in [0.1, 0.15) is 5.75 Å². The van der Waals surface area contributed by atoms with E-state index in [9.17, 15) is 0 Å². The number of nitrogens with one attached hydrogen (secondary N) is 1. The van der Waals surface area contributed by atoms with Crippen molar-refractivity contribution in [2.75, 3.05) is 5.43 Å². The highest BCUT2D eigenvalue weighted by Crippen LogP contribution is 2.24. The molecule has 0 aliphatic rings. The van der Waals surface area contributed by atoms with Crippen LogP contribution in [0, 0.1) is 0 Å². The van der Waals surface area contributed by atoms with Crippen LogP contribution in [-0.2, 0) is 0 Å². The number of hydrogen-bond acceptors (Lipinski definition) is 5. The second-order valence-electron chi connectivity index (χ2n) is 3.97. The minimum Gasteiger partial charge on any atom is -0.439 e. The third-order valence-corrected chi connectivity index (χ3v) is 2.70. The summed E-state index contributed by atoms with van der Waals surface area (Å²) < 4.78 is 5.68. The standard InChI is InChI=1S/C14H12N4O/c15-18-14-16-8-7-13(17-14)19-12-6-5-10-3-1-2-4-11(10)9-12/h1-9H,15H2,(H,16,17,18). The van der Waals surface area contributed by atoms with E-state index in [1.165, 1.54) is 5.39 Å². The number of hydrazine groups is 1. The van der Waals surface area contributed by atoms with Gasteiger partial charge in [-0.3, -0.25) is 5.43 Å².